The van der Waals surface area contributed by atoms with Gasteiger partial charge in [0.1, 0.15) is 0 Å². The molecule has 1 atom stereocenters. The zero-order chi connectivity index (χ0) is 10.0. The molecule has 0 spiro atoms. The SMILES string of the molecule is CCC1(CN(C)CC2CC2)CCCN1. The smallest absolute Gasteiger partial charge is 0.0306 e. The second kappa shape index (κ2) is 4.19. The minimum absolute atomic E-state index is 0.448. The number of nitrogens with zero attached hydrogens (tertiary/aromatic N) is 1. The predicted octanol–water partition coefficient (Wildman–Crippen LogP) is 1.86. The van der Waals surface area contributed by atoms with Crippen LogP contribution in [0, 0.1) is 5.92 Å². The highest BCUT2D eigenvalue weighted by molar-refractivity contribution is 4.94. The summed E-state index contributed by atoms with van der Waals surface area (Å²) in [6.07, 6.45) is 6.96. The Morgan fingerprint density at radius 3 is 2.71 bits per heavy atom. The van der Waals surface area contributed by atoms with Crippen molar-refractivity contribution in [2.45, 2.75) is 44.6 Å². The Morgan fingerprint density at radius 1 is 1.43 bits per heavy atom. The van der Waals surface area contributed by atoms with Crippen molar-refractivity contribution in [2.75, 3.05) is 26.7 Å². The molecular weight excluding hydrogens is 172 g/mol. The van der Waals surface area contributed by atoms with Gasteiger partial charge in [-0.3, -0.25) is 0 Å². The molecule has 14 heavy (non-hydrogen) atoms. The molecule has 1 unspecified atom stereocenters. The van der Waals surface area contributed by atoms with E-state index in [1.165, 1.54) is 51.7 Å². The summed E-state index contributed by atoms with van der Waals surface area (Å²) in [4.78, 5) is 2.54. The van der Waals surface area contributed by atoms with Crippen LogP contribution in [0.1, 0.15) is 39.0 Å². The molecule has 0 radical (unpaired) electrons. The van der Waals surface area contributed by atoms with Gasteiger partial charge in [-0.25, -0.2) is 0 Å². The van der Waals surface area contributed by atoms with E-state index in [2.05, 4.69) is 24.2 Å². The molecule has 1 saturated carbocycles. The lowest BCUT2D eigenvalue weighted by Crippen LogP contribution is -2.48. The molecular formula is C12H24N2. The van der Waals surface area contributed by atoms with Crippen molar-refractivity contribution < 1.29 is 0 Å². The first-order chi connectivity index (χ1) is 6.74. The highest BCUT2D eigenvalue weighted by atomic mass is 15.2. The van der Waals surface area contributed by atoms with E-state index in [0.717, 1.165) is 5.92 Å². The van der Waals surface area contributed by atoms with Gasteiger partial charge >= 0.3 is 0 Å². The van der Waals surface area contributed by atoms with Gasteiger partial charge in [0.25, 0.3) is 0 Å². The van der Waals surface area contributed by atoms with Gasteiger partial charge in [-0.2, -0.15) is 0 Å². The fourth-order valence-electron chi connectivity index (χ4n) is 2.74. The Balaban J connectivity index is 1.79. The van der Waals surface area contributed by atoms with Crippen molar-refractivity contribution in [3.05, 3.63) is 0 Å². The Morgan fingerprint density at radius 2 is 2.21 bits per heavy atom. The van der Waals surface area contributed by atoms with Gasteiger partial charge < -0.3 is 10.2 Å². The van der Waals surface area contributed by atoms with Crippen molar-refractivity contribution in [2.24, 2.45) is 5.92 Å². The average molecular weight is 196 g/mol. The largest absolute Gasteiger partial charge is 0.310 e. The van der Waals surface area contributed by atoms with Crippen molar-refractivity contribution >= 4 is 0 Å². The summed E-state index contributed by atoms with van der Waals surface area (Å²) in [5.74, 6) is 1.02. The van der Waals surface area contributed by atoms with E-state index in [4.69, 9.17) is 0 Å². The van der Waals surface area contributed by atoms with Crippen molar-refractivity contribution in [3.8, 4) is 0 Å². The topological polar surface area (TPSA) is 15.3 Å². The average Bonchev–Trinajstić information content (AvgIpc) is 2.83. The molecule has 2 aliphatic rings. The minimum Gasteiger partial charge on any atom is -0.310 e. The summed E-state index contributed by atoms with van der Waals surface area (Å²) in [5, 5.41) is 3.70. The van der Waals surface area contributed by atoms with E-state index in [9.17, 15) is 0 Å². The third kappa shape index (κ3) is 2.48. The highest BCUT2D eigenvalue weighted by Gasteiger charge is 2.33. The monoisotopic (exact) mass is 196 g/mol. The zero-order valence-corrected chi connectivity index (χ0v) is 9.68. The molecule has 0 aromatic carbocycles. The van der Waals surface area contributed by atoms with Crippen molar-refractivity contribution in [1.82, 2.24) is 10.2 Å². The minimum atomic E-state index is 0.448. The van der Waals surface area contributed by atoms with Crippen LogP contribution in [0.5, 0.6) is 0 Å². The van der Waals surface area contributed by atoms with E-state index in [1.807, 2.05) is 0 Å². The third-order valence-electron chi connectivity index (χ3n) is 3.85. The maximum Gasteiger partial charge on any atom is 0.0306 e. The van der Waals surface area contributed by atoms with Crippen molar-refractivity contribution in [3.63, 3.8) is 0 Å². The zero-order valence-electron chi connectivity index (χ0n) is 9.68. The van der Waals surface area contributed by atoms with Crippen LogP contribution in [0.25, 0.3) is 0 Å². The van der Waals surface area contributed by atoms with Crippen LogP contribution in [0.3, 0.4) is 0 Å². The van der Waals surface area contributed by atoms with E-state index >= 15 is 0 Å². The fraction of sp³-hybridized carbons (Fsp3) is 1.00. The van der Waals surface area contributed by atoms with Crippen LogP contribution < -0.4 is 5.32 Å². The maximum absolute atomic E-state index is 3.70. The Hall–Kier alpha value is -0.0800. The van der Waals surface area contributed by atoms with Crippen LogP contribution in [-0.4, -0.2) is 37.1 Å². The molecule has 1 saturated heterocycles. The molecule has 1 aliphatic carbocycles. The van der Waals surface area contributed by atoms with E-state index in [1.54, 1.807) is 0 Å². The van der Waals surface area contributed by atoms with Gasteiger partial charge in [-0.1, -0.05) is 6.92 Å². The number of hydrogen-bond acceptors (Lipinski definition) is 2. The molecule has 1 aliphatic heterocycles. The van der Waals surface area contributed by atoms with E-state index in [0.29, 0.717) is 5.54 Å². The van der Waals surface area contributed by atoms with Crippen molar-refractivity contribution in [1.29, 1.82) is 0 Å². The molecule has 0 aromatic heterocycles. The Labute approximate surface area is 88.1 Å². The molecule has 82 valence electrons. The van der Waals surface area contributed by atoms with Crippen LogP contribution in [0.2, 0.25) is 0 Å². The molecule has 2 fully saturated rings. The summed E-state index contributed by atoms with van der Waals surface area (Å²) >= 11 is 0. The van der Waals surface area contributed by atoms with Gasteiger partial charge in [0, 0.05) is 18.6 Å². The second-order valence-corrected chi connectivity index (χ2v) is 5.30. The first-order valence-corrected chi connectivity index (χ1v) is 6.18. The summed E-state index contributed by atoms with van der Waals surface area (Å²) in [5.41, 5.74) is 0.448. The van der Waals surface area contributed by atoms with Crippen LogP contribution >= 0.6 is 0 Å². The standard InChI is InChI=1S/C12H24N2/c1-3-12(7-4-8-13-12)10-14(2)9-11-5-6-11/h11,13H,3-10H2,1-2H3. The van der Waals surface area contributed by atoms with Gasteiger partial charge in [0.05, 0.1) is 0 Å². The first kappa shape index (κ1) is 10.4. The predicted molar refractivity (Wildman–Crippen MR) is 60.5 cm³/mol. The lowest BCUT2D eigenvalue weighted by molar-refractivity contribution is 0.214. The normalized spacial score (nSPS) is 32.8. The highest BCUT2D eigenvalue weighted by Crippen LogP contribution is 2.31. The maximum atomic E-state index is 3.70. The first-order valence-electron chi connectivity index (χ1n) is 6.18. The van der Waals surface area contributed by atoms with Gasteiger partial charge in [-0.05, 0) is 51.6 Å². The molecule has 2 heteroatoms. The summed E-state index contributed by atoms with van der Waals surface area (Å²) < 4.78 is 0. The molecule has 1 heterocycles. The Kier molecular flexibility index (Phi) is 3.13. The molecule has 2 nitrogen and oxygen atoms in total. The van der Waals surface area contributed by atoms with Gasteiger partial charge in [0.2, 0.25) is 0 Å². The molecule has 0 amide bonds. The number of likely N-dealkylation sites (N-methyl/N-ethyl adjacent to an activating group) is 1. The third-order valence-corrected chi connectivity index (χ3v) is 3.85. The summed E-state index contributed by atoms with van der Waals surface area (Å²) in [7, 11) is 2.29. The Bertz CT molecular complexity index is 181. The van der Waals surface area contributed by atoms with Gasteiger partial charge in [0.15, 0.2) is 0 Å². The van der Waals surface area contributed by atoms with E-state index in [-0.39, 0.29) is 0 Å². The quantitative estimate of drug-likeness (QED) is 0.722. The molecule has 2 rings (SSSR count). The lowest BCUT2D eigenvalue weighted by Gasteiger charge is -2.33. The lowest BCUT2D eigenvalue weighted by atomic mass is 9.93. The second-order valence-electron chi connectivity index (χ2n) is 5.30. The van der Waals surface area contributed by atoms with Crippen LogP contribution in [-0.2, 0) is 0 Å². The number of hydrogen-bond donors (Lipinski definition) is 1. The number of rotatable bonds is 5. The molecule has 0 aromatic rings. The summed E-state index contributed by atoms with van der Waals surface area (Å²) in [6.45, 7) is 6.12. The fourth-order valence-corrected chi connectivity index (χ4v) is 2.74. The summed E-state index contributed by atoms with van der Waals surface area (Å²) in [6, 6.07) is 0. The van der Waals surface area contributed by atoms with Gasteiger partial charge in [-0.15, -0.1) is 0 Å². The molecule has 1 N–H and O–H groups in total. The van der Waals surface area contributed by atoms with Crippen LogP contribution in [0.15, 0.2) is 0 Å². The number of nitrogens with one attached hydrogen (secondary N) is 1. The van der Waals surface area contributed by atoms with Crippen LogP contribution in [0.4, 0.5) is 0 Å². The molecule has 0 bridgehead atoms. The van der Waals surface area contributed by atoms with E-state index < -0.39 is 0 Å².